The van der Waals surface area contributed by atoms with Gasteiger partial charge in [0.25, 0.3) is 0 Å². The minimum absolute atomic E-state index is 0.171. The maximum Gasteiger partial charge on any atom is 0.409 e. The Morgan fingerprint density at radius 3 is 2.20 bits per heavy atom. The van der Waals surface area contributed by atoms with Crippen LogP contribution in [0.2, 0.25) is 0 Å². The molecule has 1 aliphatic heterocycles. The van der Waals surface area contributed by atoms with Gasteiger partial charge in [0.2, 0.25) is 0 Å². The number of rotatable bonds is 0. The summed E-state index contributed by atoms with van der Waals surface area (Å²) < 4.78 is 16.6. The minimum atomic E-state index is -0.208. The lowest BCUT2D eigenvalue weighted by Crippen LogP contribution is -2.17. The van der Waals surface area contributed by atoms with Crippen molar-refractivity contribution in [1.29, 1.82) is 0 Å². The zero-order valence-corrected chi connectivity index (χ0v) is 8.87. The number of halogens is 1. The summed E-state index contributed by atoms with van der Waals surface area (Å²) in [6.45, 7) is 3.22. The highest BCUT2D eigenvalue weighted by molar-refractivity contribution is 5.68. The minimum Gasteiger partial charge on any atom is -0.448 e. The lowest BCUT2D eigenvalue weighted by atomic mass is 10.2. The van der Waals surface area contributed by atoms with Gasteiger partial charge in [0.15, 0.2) is 0 Å². The summed E-state index contributed by atoms with van der Waals surface area (Å²) >= 11 is 0. The molecule has 1 aromatic carbocycles. The second kappa shape index (κ2) is 5.34. The molecule has 4 heteroatoms. The maximum atomic E-state index is 12.1. The predicted octanol–water partition coefficient (Wildman–Crippen LogP) is 2.20. The summed E-state index contributed by atoms with van der Waals surface area (Å²) in [7, 11) is 1.72. The molecule has 0 radical (unpaired) electrons. The number of hydrogen-bond donors (Lipinski definition) is 0. The van der Waals surface area contributed by atoms with E-state index in [9.17, 15) is 9.18 Å². The average molecular weight is 211 g/mol. The van der Waals surface area contributed by atoms with Crippen molar-refractivity contribution >= 4 is 6.09 Å². The Kier molecular flexibility index (Phi) is 4.09. The summed E-state index contributed by atoms with van der Waals surface area (Å²) in [5.41, 5.74) is 1.09. The third kappa shape index (κ3) is 3.97. The number of amides is 1. The Bertz CT molecular complexity index is 303. The SMILES string of the molecule is CN1CCOC1=O.Cc1ccc(F)cc1. The van der Waals surface area contributed by atoms with Crippen LogP contribution in [-0.4, -0.2) is 31.2 Å². The predicted molar refractivity (Wildman–Crippen MR) is 55.1 cm³/mol. The Morgan fingerprint density at radius 1 is 1.33 bits per heavy atom. The molecule has 0 unspecified atom stereocenters. The molecule has 0 bridgehead atoms. The summed E-state index contributed by atoms with van der Waals surface area (Å²) in [5, 5.41) is 0. The average Bonchev–Trinajstić information content (AvgIpc) is 2.57. The van der Waals surface area contributed by atoms with Crippen LogP contribution >= 0.6 is 0 Å². The van der Waals surface area contributed by atoms with E-state index in [0.29, 0.717) is 6.61 Å². The van der Waals surface area contributed by atoms with Gasteiger partial charge in [-0.15, -0.1) is 0 Å². The largest absolute Gasteiger partial charge is 0.448 e. The normalized spacial score (nSPS) is 14.3. The molecular weight excluding hydrogens is 197 g/mol. The molecule has 1 amide bonds. The number of ether oxygens (including phenoxy) is 1. The monoisotopic (exact) mass is 211 g/mol. The topological polar surface area (TPSA) is 29.5 Å². The van der Waals surface area contributed by atoms with E-state index in [-0.39, 0.29) is 11.9 Å². The van der Waals surface area contributed by atoms with Crippen LogP contribution in [0.4, 0.5) is 9.18 Å². The van der Waals surface area contributed by atoms with Crippen molar-refractivity contribution in [2.75, 3.05) is 20.2 Å². The molecule has 1 aliphatic rings. The van der Waals surface area contributed by atoms with Crippen LogP contribution in [-0.2, 0) is 4.74 Å². The molecule has 0 atom stereocenters. The standard InChI is InChI=1S/C7H7F.C4H7NO2/c1-6-2-4-7(8)5-3-6;1-5-2-3-7-4(5)6/h2-5H,1H3;2-3H2,1H3. The first-order valence-corrected chi connectivity index (χ1v) is 4.69. The van der Waals surface area contributed by atoms with Crippen molar-refractivity contribution in [1.82, 2.24) is 4.90 Å². The first-order valence-electron chi connectivity index (χ1n) is 4.69. The summed E-state index contributed by atoms with van der Waals surface area (Å²) in [6.07, 6.45) is -0.208. The molecule has 82 valence electrons. The van der Waals surface area contributed by atoms with E-state index in [4.69, 9.17) is 0 Å². The number of carbonyl (C=O) groups is 1. The van der Waals surface area contributed by atoms with Crippen LogP contribution in [0.25, 0.3) is 0 Å². The van der Waals surface area contributed by atoms with E-state index >= 15 is 0 Å². The Morgan fingerprint density at radius 2 is 1.93 bits per heavy atom. The van der Waals surface area contributed by atoms with Crippen LogP contribution in [0, 0.1) is 12.7 Å². The van der Waals surface area contributed by atoms with Gasteiger partial charge in [-0.25, -0.2) is 9.18 Å². The van der Waals surface area contributed by atoms with Gasteiger partial charge in [0.1, 0.15) is 12.4 Å². The number of nitrogens with zero attached hydrogens (tertiary/aromatic N) is 1. The summed E-state index contributed by atoms with van der Waals surface area (Å²) in [6, 6.07) is 6.40. The Hall–Kier alpha value is -1.58. The molecule has 3 nitrogen and oxygen atoms in total. The van der Waals surface area contributed by atoms with Crippen LogP contribution in [0.15, 0.2) is 24.3 Å². The number of cyclic esters (lactones) is 1. The van der Waals surface area contributed by atoms with E-state index in [1.165, 1.54) is 12.1 Å². The molecule has 1 aromatic rings. The first kappa shape index (κ1) is 11.5. The fourth-order valence-corrected chi connectivity index (χ4v) is 1.00. The van der Waals surface area contributed by atoms with Crippen LogP contribution in [0.5, 0.6) is 0 Å². The van der Waals surface area contributed by atoms with Crippen molar-refractivity contribution in [3.8, 4) is 0 Å². The van der Waals surface area contributed by atoms with Gasteiger partial charge in [-0.3, -0.25) is 0 Å². The van der Waals surface area contributed by atoms with E-state index < -0.39 is 0 Å². The fourth-order valence-electron chi connectivity index (χ4n) is 1.00. The summed E-state index contributed by atoms with van der Waals surface area (Å²) in [4.78, 5) is 11.8. The van der Waals surface area contributed by atoms with Crippen molar-refractivity contribution in [3.63, 3.8) is 0 Å². The van der Waals surface area contributed by atoms with Crippen LogP contribution in [0.3, 0.4) is 0 Å². The van der Waals surface area contributed by atoms with Crippen molar-refractivity contribution < 1.29 is 13.9 Å². The summed E-state index contributed by atoms with van der Waals surface area (Å²) in [5.74, 6) is -0.171. The quantitative estimate of drug-likeness (QED) is 0.658. The number of carbonyl (C=O) groups excluding carboxylic acids is 1. The van der Waals surface area contributed by atoms with Gasteiger partial charge in [0.05, 0.1) is 6.54 Å². The molecule has 0 spiro atoms. The van der Waals surface area contributed by atoms with Crippen LogP contribution in [0.1, 0.15) is 5.56 Å². The molecule has 0 aromatic heterocycles. The second-order valence-corrected chi connectivity index (χ2v) is 3.33. The van der Waals surface area contributed by atoms with Crippen molar-refractivity contribution in [2.45, 2.75) is 6.92 Å². The molecular formula is C11H14FNO2. The molecule has 1 saturated heterocycles. The van der Waals surface area contributed by atoms with Gasteiger partial charge in [-0.05, 0) is 19.1 Å². The van der Waals surface area contributed by atoms with Gasteiger partial charge in [0, 0.05) is 7.05 Å². The van der Waals surface area contributed by atoms with E-state index in [1.807, 2.05) is 6.92 Å². The Labute approximate surface area is 88.5 Å². The zero-order chi connectivity index (χ0) is 11.3. The highest BCUT2D eigenvalue weighted by Gasteiger charge is 2.15. The third-order valence-corrected chi connectivity index (χ3v) is 1.97. The number of benzene rings is 1. The van der Waals surface area contributed by atoms with Gasteiger partial charge in [-0.1, -0.05) is 17.7 Å². The molecule has 0 saturated carbocycles. The zero-order valence-electron chi connectivity index (χ0n) is 8.87. The lowest BCUT2D eigenvalue weighted by molar-refractivity contribution is 0.163. The molecule has 2 rings (SSSR count). The molecule has 1 heterocycles. The third-order valence-electron chi connectivity index (χ3n) is 1.97. The van der Waals surface area contributed by atoms with E-state index in [1.54, 1.807) is 24.1 Å². The van der Waals surface area contributed by atoms with Crippen molar-refractivity contribution in [2.24, 2.45) is 0 Å². The smallest absolute Gasteiger partial charge is 0.409 e. The van der Waals surface area contributed by atoms with Gasteiger partial charge < -0.3 is 9.64 Å². The molecule has 15 heavy (non-hydrogen) atoms. The first-order chi connectivity index (χ1) is 7.09. The Balaban J connectivity index is 0.000000151. The van der Waals surface area contributed by atoms with Gasteiger partial charge in [-0.2, -0.15) is 0 Å². The van der Waals surface area contributed by atoms with E-state index in [0.717, 1.165) is 12.1 Å². The number of aryl methyl sites for hydroxylation is 1. The number of likely N-dealkylation sites (N-methyl/N-ethyl adjacent to an activating group) is 1. The highest BCUT2D eigenvalue weighted by Crippen LogP contribution is 1.99. The lowest BCUT2D eigenvalue weighted by Gasteiger charge is -1.98. The fraction of sp³-hybridized carbons (Fsp3) is 0.364. The second-order valence-electron chi connectivity index (χ2n) is 3.33. The van der Waals surface area contributed by atoms with Gasteiger partial charge >= 0.3 is 6.09 Å². The molecule has 0 aliphatic carbocycles. The molecule has 1 fully saturated rings. The number of hydrogen-bond acceptors (Lipinski definition) is 2. The maximum absolute atomic E-state index is 12.1. The molecule has 0 N–H and O–H groups in total. The van der Waals surface area contributed by atoms with E-state index in [2.05, 4.69) is 4.74 Å². The van der Waals surface area contributed by atoms with Crippen molar-refractivity contribution in [3.05, 3.63) is 35.6 Å². The highest BCUT2D eigenvalue weighted by atomic mass is 19.1. The van der Waals surface area contributed by atoms with Crippen LogP contribution < -0.4 is 0 Å².